The van der Waals surface area contributed by atoms with Crippen LogP contribution in [0.1, 0.15) is 11.3 Å². The smallest absolute Gasteiger partial charge is 0.326 e. The maximum absolute atomic E-state index is 12.0. The Labute approximate surface area is 73.6 Å². The molecule has 0 aliphatic carbocycles. The molecule has 1 aromatic rings. The monoisotopic (exact) mass is 190 g/mol. The van der Waals surface area contributed by atoms with Crippen molar-refractivity contribution in [1.29, 1.82) is 0 Å². The van der Waals surface area contributed by atoms with Crippen LogP contribution in [-0.4, -0.2) is 11.2 Å². The topological polar surface area (TPSA) is 38.9 Å². The van der Waals surface area contributed by atoms with Gasteiger partial charge < -0.3 is 5.73 Å². The van der Waals surface area contributed by atoms with Gasteiger partial charge >= 0.3 is 6.18 Å². The van der Waals surface area contributed by atoms with Crippen LogP contribution in [-0.2, 0) is 13.0 Å². The van der Waals surface area contributed by atoms with Crippen LogP contribution in [0.25, 0.3) is 0 Å². The van der Waals surface area contributed by atoms with E-state index in [-0.39, 0.29) is 12.2 Å². The van der Waals surface area contributed by atoms with Crippen LogP contribution in [0.3, 0.4) is 0 Å². The number of hydrogen-bond acceptors (Lipinski definition) is 2. The van der Waals surface area contributed by atoms with Gasteiger partial charge in [0.2, 0.25) is 0 Å². The summed E-state index contributed by atoms with van der Waals surface area (Å²) in [6, 6.07) is 3.12. The molecule has 0 radical (unpaired) electrons. The van der Waals surface area contributed by atoms with Crippen molar-refractivity contribution in [3.8, 4) is 0 Å². The summed E-state index contributed by atoms with van der Waals surface area (Å²) in [4.78, 5) is 3.63. The third kappa shape index (κ3) is 3.02. The Morgan fingerprint density at radius 2 is 2.08 bits per heavy atom. The van der Waals surface area contributed by atoms with E-state index in [1.54, 1.807) is 12.1 Å². The molecule has 2 nitrogen and oxygen atoms in total. The molecule has 5 heteroatoms. The molecule has 1 rings (SSSR count). The van der Waals surface area contributed by atoms with Crippen LogP contribution in [0.4, 0.5) is 13.2 Å². The van der Waals surface area contributed by atoms with E-state index in [4.69, 9.17) is 5.73 Å². The van der Waals surface area contributed by atoms with Crippen molar-refractivity contribution < 1.29 is 13.2 Å². The van der Waals surface area contributed by atoms with E-state index in [9.17, 15) is 13.2 Å². The second-order valence-electron chi connectivity index (χ2n) is 2.61. The van der Waals surface area contributed by atoms with Crippen molar-refractivity contribution in [2.24, 2.45) is 5.73 Å². The van der Waals surface area contributed by atoms with Crippen molar-refractivity contribution in [2.75, 3.05) is 0 Å². The molecule has 0 amide bonds. The third-order valence-corrected chi connectivity index (χ3v) is 1.57. The molecular weight excluding hydrogens is 181 g/mol. The van der Waals surface area contributed by atoms with Crippen LogP contribution in [0.15, 0.2) is 18.3 Å². The third-order valence-electron chi connectivity index (χ3n) is 1.57. The molecule has 0 aliphatic heterocycles. The van der Waals surface area contributed by atoms with Gasteiger partial charge in [0.25, 0.3) is 0 Å². The van der Waals surface area contributed by atoms with Crippen LogP contribution in [0.2, 0.25) is 0 Å². The first kappa shape index (κ1) is 9.98. The highest BCUT2D eigenvalue weighted by atomic mass is 19.4. The standard InChI is InChI=1S/C8H9F3N2/c9-8(10,11)4-7-6(5-12)2-1-3-13-7/h1-3H,4-5,12H2. The summed E-state index contributed by atoms with van der Waals surface area (Å²) in [6.45, 7) is 0.0826. The first-order chi connectivity index (χ1) is 6.03. The van der Waals surface area contributed by atoms with Crippen molar-refractivity contribution in [2.45, 2.75) is 19.1 Å². The summed E-state index contributed by atoms with van der Waals surface area (Å²) in [5, 5.41) is 0. The average molecular weight is 190 g/mol. The number of alkyl halides is 3. The average Bonchev–Trinajstić information content (AvgIpc) is 2.02. The zero-order valence-electron chi connectivity index (χ0n) is 6.80. The second kappa shape index (κ2) is 3.74. The fraction of sp³-hybridized carbons (Fsp3) is 0.375. The maximum Gasteiger partial charge on any atom is 0.394 e. The molecule has 0 fully saturated rings. The van der Waals surface area contributed by atoms with Gasteiger partial charge in [-0.25, -0.2) is 0 Å². The number of pyridine rings is 1. The highest BCUT2D eigenvalue weighted by molar-refractivity contribution is 5.20. The number of rotatable bonds is 2. The molecule has 0 unspecified atom stereocenters. The van der Waals surface area contributed by atoms with Gasteiger partial charge in [-0.3, -0.25) is 4.98 Å². The SMILES string of the molecule is NCc1cccnc1CC(F)(F)F. The van der Waals surface area contributed by atoms with Crippen molar-refractivity contribution in [3.05, 3.63) is 29.6 Å². The summed E-state index contributed by atoms with van der Waals surface area (Å²) < 4.78 is 35.9. The highest BCUT2D eigenvalue weighted by Gasteiger charge is 2.29. The van der Waals surface area contributed by atoms with Crippen molar-refractivity contribution >= 4 is 0 Å². The number of hydrogen-bond donors (Lipinski definition) is 1. The van der Waals surface area contributed by atoms with E-state index in [1.165, 1.54) is 6.20 Å². The summed E-state index contributed by atoms with van der Waals surface area (Å²) >= 11 is 0. The lowest BCUT2D eigenvalue weighted by Gasteiger charge is -2.08. The predicted molar refractivity (Wildman–Crippen MR) is 41.9 cm³/mol. The van der Waals surface area contributed by atoms with E-state index in [0.717, 1.165) is 0 Å². The van der Waals surface area contributed by atoms with Gasteiger partial charge in [-0.2, -0.15) is 13.2 Å². The quantitative estimate of drug-likeness (QED) is 0.770. The lowest BCUT2D eigenvalue weighted by atomic mass is 10.1. The first-order valence-electron chi connectivity index (χ1n) is 3.72. The molecule has 0 aromatic carbocycles. The van der Waals surface area contributed by atoms with E-state index in [0.29, 0.717) is 5.56 Å². The molecule has 0 bridgehead atoms. The molecule has 1 aromatic heterocycles. The Morgan fingerprint density at radius 3 is 2.62 bits per heavy atom. The number of aromatic nitrogens is 1. The summed E-state index contributed by atoms with van der Waals surface area (Å²) in [7, 11) is 0. The van der Waals surface area contributed by atoms with Crippen LogP contribution >= 0.6 is 0 Å². The highest BCUT2D eigenvalue weighted by Crippen LogP contribution is 2.21. The van der Waals surface area contributed by atoms with Crippen LogP contribution < -0.4 is 5.73 Å². The summed E-state index contributed by atoms with van der Waals surface area (Å²) in [5.74, 6) is 0. The largest absolute Gasteiger partial charge is 0.394 e. The minimum atomic E-state index is -4.22. The van der Waals surface area contributed by atoms with Gasteiger partial charge in [0.1, 0.15) is 0 Å². The van der Waals surface area contributed by atoms with Crippen molar-refractivity contribution in [3.63, 3.8) is 0 Å². The minimum Gasteiger partial charge on any atom is -0.326 e. The first-order valence-corrected chi connectivity index (χ1v) is 3.72. The van der Waals surface area contributed by atoms with E-state index < -0.39 is 12.6 Å². The fourth-order valence-electron chi connectivity index (χ4n) is 1.01. The molecule has 2 N–H and O–H groups in total. The lowest BCUT2D eigenvalue weighted by molar-refractivity contribution is -0.127. The summed E-state index contributed by atoms with van der Waals surface area (Å²) in [5.41, 5.74) is 5.72. The molecule has 0 spiro atoms. The number of nitrogens with zero attached hydrogens (tertiary/aromatic N) is 1. The zero-order valence-corrected chi connectivity index (χ0v) is 6.80. The molecule has 13 heavy (non-hydrogen) atoms. The fourth-order valence-corrected chi connectivity index (χ4v) is 1.01. The van der Waals surface area contributed by atoms with E-state index in [2.05, 4.69) is 4.98 Å². The molecule has 1 heterocycles. The molecule has 0 saturated carbocycles. The van der Waals surface area contributed by atoms with Crippen LogP contribution in [0.5, 0.6) is 0 Å². The van der Waals surface area contributed by atoms with E-state index in [1.807, 2.05) is 0 Å². The van der Waals surface area contributed by atoms with Gasteiger partial charge in [0.15, 0.2) is 0 Å². The number of nitrogens with two attached hydrogens (primary N) is 1. The lowest BCUT2D eigenvalue weighted by Crippen LogP contribution is -2.15. The molecule has 72 valence electrons. The normalized spacial score (nSPS) is 11.7. The summed E-state index contributed by atoms with van der Waals surface area (Å²) in [6.07, 6.45) is -3.90. The Kier molecular flexibility index (Phi) is 2.87. The second-order valence-corrected chi connectivity index (χ2v) is 2.61. The van der Waals surface area contributed by atoms with E-state index >= 15 is 0 Å². The van der Waals surface area contributed by atoms with Crippen LogP contribution in [0, 0.1) is 0 Å². The molecular formula is C8H9F3N2. The predicted octanol–water partition coefficient (Wildman–Crippen LogP) is 1.65. The molecule has 0 saturated heterocycles. The van der Waals surface area contributed by atoms with Gasteiger partial charge in [0, 0.05) is 12.7 Å². The Bertz CT molecular complexity index is 283. The van der Waals surface area contributed by atoms with Gasteiger partial charge in [-0.15, -0.1) is 0 Å². The maximum atomic E-state index is 12.0. The van der Waals surface area contributed by atoms with Gasteiger partial charge in [-0.1, -0.05) is 6.07 Å². The van der Waals surface area contributed by atoms with Gasteiger partial charge in [-0.05, 0) is 11.6 Å². The van der Waals surface area contributed by atoms with Crippen molar-refractivity contribution in [1.82, 2.24) is 4.98 Å². The van der Waals surface area contributed by atoms with Gasteiger partial charge in [0.05, 0.1) is 12.1 Å². The number of halogens is 3. The molecule has 0 atom stereocenters. The molecule has 0 aliphatic rings. The zero-order chi connectivity index (χ0) is 9.90. The minimum absolute atomic E-state index is 0.0116. The Balaban J connectivity index is 2.87. The Hall–Kier alpha value is -1.10. The Morgan fingerprint density at radius 1 is 1.38 bits per heavy atom.